The molecule has 3 rings (SSSR count). The van der Waals surface area contributed by atoms with Gasteiger partial charge in [0, 0.05) is 10.9 Å². The van der Waals surface area contributed by atoms with Crippen LogP contribution >= 0.6 is 22.9 Å². The number of hydrogen-bond acceptors (Lipinski definition) is 4. The maximum atomic E-state index is 13.1. The highest BCUT2D eigenvalue weighted by Gasteiger charge is 2.18. The molecule has 0 bridgehead atoms. The zero-order chi connectivity index (χ0) is 16.4. The van der Waals surface area contributed by atoms with Crippen LogP contribution in [-0.2, 0) is 10.0 Å². The second-order valence-corrected chi connectivity index (χ2v) is 7.53. The Bertz CT molecular complexity index is 943. The molecule has 0 unspecified atom stereocenters. The van der Waals surface area contributed by atoms with Crippen molar-refractivity contribution >= 4 is 38.1 Å². The first kappa shape index (κ1) is 15.9. The highest BCUT2D eigenvalue weighted by atomic mass is 35.5. The third-order valence-corrected chi connectivity index (χ3v) is 5.51. The quantitative estimate of drug-likeness (QED) is 0.742. The lowest BCUT2D eigenvalue weighted by molar-refractivity contribution is 0.599. The van der Waals surface area contributed by atoms with E-state index in [0.29, 0.717) is 5.69 Å². The van der Waals surface area contributed by atoms with Crippen molar-refractivity contribution in [2.45, 2.75) is 4.90 Å². The second-order valence-electron chi connectivity index (χ2n) is 4.59. The lowest BCUT2D eigenvalue weighted by Gasteiger charge is -2.05. The maximum Gasteiger partial charge on any atom is 0.263 e. The van der Waals surface area contributed by atoms with E-state index in [1.165, 1.54) is 0 Å². The molecule has 0 atom stereocenters. The molecule has 1 heterocycles. The Labute approximate surface area is 141 Å². The number of nitrogens with one attached hydrogen (secondary N) is 1. The average Bonchev–Trinajstić information content (AvgIpc) is 2.98. The smallest absolute Gasteiger partial charge is 0.255 e. The van der Waals surface area contributed by atoms with Crippen LogP contribution in [0.4, 0.5) is 9.52 Å². The van der Waals surface area contributed by atoms with Crippen LogP contribution in [0.15, 0.2) is 58.8 Å². The number of aromatic nitrogens is 1. The molecule has 4 nitrogen and oxygen atoms in total. The molecule has 1 aromatic heterocycles. The molecule has 0 aliphatic heterocycles. The summed E-state index contributed by atoms with van der Waals surface area (Å²) in [6.07, 6.45) is 0. The summed E-state index contributed by atoms with van der Waals surface area (Å²) in [5, 5.41) is 1.73. The van der Waals surface area contributed by atoms with Crippen molar-refractivity contribution in [1.82, 2.24) is 4.98 Å². The fraction of sp³-hybridized carbons (Fsp3) is 0. The first-order valence-corrected chi connectivity index (χ1v) is 9.18. The van der Waals surface area contributed by atoms with Crippen LogP contribution in [0.1, 0.15) is 0 Å². The molecule has 0 amide bonds. The van der Waals surface area contributed by atoms with E-state index in [-0.39, 0.29) is 15.0 Å². The highest BCUT2D eigenvalue weighted by Crippen LogP contribution is 2.27. The summed E-state index contributed by atoms with van der Waals surface area (Å²) in [7, 11) is -3.87. The van der Waals surface area contributed by atoms with Crippen LogP contribution in [0.5, 0.6) is 0 Å². The monoisotopic (exact) mass is 368 g/mol. The van der Waals surface area contributed by atoms with Crippen molar-refractivity contribution in [1.29, 1.82) is 0 Å². The molecule has 0 saturated heterocycles. The lowest BCUT2D eigenvalue weighted by Crippen LogP contribution is -2.12. The molecule has 8 heteroatoms. The maximum absolute atomic E-state index is 13.1. The van der Waals surface area contributed by atoms with Crippen molar-refractivity contribution in [2.75, 3.05) is 4.72 Å². The molecule has 0 spiro atoms. The van der Waals surface area contributed by atoms with Gasteiger partial charge in [-0.3, -0.25) is 4.72 Å². The Morgan fingerprint density at radius 2 is 1.87 bits per heavy atom. The molecule has 1 N–H and O–H groups in total. The molecular formula is C15H10ClFN2O2S2. The highest BCUT2D eigenvalue weighted by molar-refractivity contribution is 7.93. The number of nitrogens with zero attached hydrogens (tertiary/aromatic N) is 1. The molecule has 118 valence electrons. The zero-order valence-corrected chi connectivity index (χ0v) is 13.9. The topological polar surface area (TPSA) is 59.1 Å². The standard InChI is InChI=1S/C15H10ClFN2O2S2/c16-12-8-11(6-7-13(12)17)23(20,21)19-15-18-14(9-22-15)10-4-2-1-3-5-10/h1-9H,(H,18,19). The summed E-state index contributed by atoms with van der Waals surface area (Å²) in [6.45, 7) is 0. The summed E-state index contributed by atoms with van der Waals surface area (Å²) in [5.74, 6) is -0.675. The van der Waals surface area contributed by atoms with Gasteiger partial charge in [-0.2, -0.15) is 0 Å². The van der Waals surface area contributed by atoms with Crippen LogP contribution in [0.3, 0.4) is 0 Å². The number of rotatable bonds is 4. The summed E-state index contributed by atoms with van der Waals surface area (Å²) in [6, 6.07) is 12.6. The van der Waals surface area contributed by atoms with Gasteiger partial charge in [0.25, 0.3) is 10.0 Å². The minimum absolute atomic E-state index is 0.125. The molecule has 23 heavy (non-hydrogen) atoms. The van der Waals surface area contributed by atoms with E-state index in [1.54, 1.807) is 5.38 Å². The van der Waals surface area contributed by atoms with Gasteiger partial charge in [0.2, 0.25) is 0 Å². The Balaban J connectivity index is 1.86. The first-order chi connectivity index (χ1) is 11.0. The van der Waals surface area contributed by atoms with Gasteiger partial charge in [-0.25, -0.2) is 17.8 Å². The van der Waals surface area contributed by atoms with Crippen LogP contribution in [0, 0.1) is 5.82 Å². The van der Waals surface area contributed by atoms with Gasteiger partial charge in [0.1, 0.15) is 5.82 Å². The fourth-order valence-electron chi connectivity index (χ4n) is 1.88. The molecule has 0 radical (unpaired) electrons. The third kappa shape index (κ3) is 3.52. The van der Waals surface area contributed by atoms with Gasteiger partial charge in [-0.1, -0.05) is 41.9 Å². The van der Waals surface area contributed by atoms with Crippen LogP contribution in [-0.4, -0.2) is 13.4 Å². The van der Waals surface area contributed by atoms with E-state index in [0.717, 1.165) is 35.1 Å². The van der Waals surface area contributed by atoms with Gasteiger partial charge < -0.3 is 0 Å². The number of anilines is 1. The van der Waals surface area contributed by atoms with E-state index in [2.05, 4.69) is 9.71 Å². The normalized spacial score (nSPS) is 11.4. The first-order valence-electron chi connectivity index (χ1n) is 6.44. The fourth-order valence-corrected chi connectivity index (χ4v) is 4.12. The van der Waals surface area contributed by atoms with Crippen molar-refractivity contribution < 1.29 is 12.8 Å². The Morgan fingerprint density at radius 1 is 1.13 bits per heavy atom. The van der Waals surface area contributed by atoms with E-state index >= 15 is 0 Å². The van der Waals surface area contributed by atoms with Gasteiger partial charge in [-0.15, -0.1) is 11.3 Å². The van der Waals surface area contributed by atoms with Crippen molar-refractivity contribution in [3.05, 3.63) is 64.8 Å². The molecule has 2 aromatic carbocycles. The van der Waals surface area contributed by atoms with E-state index in [9.17, 15) is 12.8 Å². The summed E-state index contributed by atoms with van der Waals surface area (Å²) in [5.41, 5.74) is 1.56. The van der Waals surface area contributed by atoms with E-state index < -0.39 is 15.8 Å². The van der Waals surface area contributed by atoms with Crippen LogP contribution < -0.4 is 4.72 Å². The van der Waals surface area contributed by atoms with E-state index in [1.807, 2.05) is 30.3 Å². The molecule has 3 aromatic rings. The van der Waals surface area contributed by atoms with Crippen molar-refractivity contribution in [2.24, 2.45) is 0 Å². The lowest BCUT2D eigenvalue weighted by atomic mass is 10.2. The summed E-state index contributed by atoms with van der Waals surface area (Å²) >= 11 is 6.79. The molecule has 0 aliphatic rings. The number of sulfonamides is 1. The van der Waals surface area contributed by atoms with Crippen LogP contribution in [0.2, 0.25) is 5.02 Å². The predicted octanol–water partition coefficient (Wildman–Crippen LogP) is 4.40. The largest absolute Gasteiger partial charge is 0.263 e. The van der Waals surface area contributed by atoms with Crippen molar-refractivity contribution in [3.63, 3.8) is 0 Å². The number of halogens is 2. The van der Waals surface area contributed by atoms with Gasteiger partial charge in [0.05, 0.1) is 15.6 Å². The second kappa shape index (κ2) is 6.27. The van der Waals surface area contributed by atoms with Gasteiger partial charge in [0.15, 0.2) is 5.13 Å². The summed E-state index contributed by atoms with van der Waals surface area (Å²) < 4.78 is 40.1. The SMILES string of the molecule is O=S(=O)(Nc1nc(-c2ccccc2)cs1)c1ccc(F)c(Cl)c1. The summed E-state index contributed by atoms with van der Waals surface area (Å²) in [4.78, 5) is 4.13. The van der Waals surface area contributed by atoms with Gasteiger partial charge >= 0.3 is 0 Å². The minimum Gasteiger partial charge on any atom is -0.255 e. The molecule has 0 fully saturated rings. The third-order valence-electron chi connectivity index (χ3n) is 3.00. The predicted molar refractivity (Wildman–Crippen MR) is 89.8 cm³/mol. The molecule has 0 saturated carbocycles. The molecular weight excluding hydrogens is 359 g/mol. The Morgan fingerprint density at radius 3 is 2.57 bits per heavy atom. The number of thiazole rings is 1. The van der Waals surface area contributed by atoms with E-state index in [4.69, 9.17) is 11.6 Å². The average molecular weight is 369 g/mol. The van der Waals surface area contributed by atoms with Crippen molar-refractivity contribution in [3.8, 4) is 11.3 Å². The van der Waals surface area contributed by atoms with Crippen LogP contribution in [0.25, 0.3) is 11.3 Å². The Kier molecular flexibility index (Phi) is 4.34. The zero-order valence-electron chi connectivity index (χ0n) is 11.5. The number of benzene rings is 2. The molecule has 0 aliphatic carbocycles. The Hall–Kier alpha value is -1.96. The minimum atomic E-state index is -3.87. The number of hydrogen-bond donors (Lipinski definition) is 1. The van der Waals surface area contributed by atoms with Gasteiger partial charge in [-0.05, 0) is 18.2 Å².